The molecule has 3 atom stereocenters. The highest BCUT2D eigenvalue weighted by Crippen LogP contribution is 2.43. The standard InChI is InChI=1S/C34H51ClN4O3Si2/c1-33(2,3)43(7,8)41-23-25-19-27(20-31(25)42-44(9,10)34(4,5)6)37-29-14-16-36-21-28(29)32(40)30-15-17-39(38-30)22-24-12-11-13-26(35)18-24/h11-18,21,25,27,31H,19-20,22-23H2,1-10H3,(H,36,37)/t25-,27-,31+/m1/s1. The van der Waals surface area contributed by atoms with Crippen LogP contribution in [0.3, 0.4) is 0 Å². The Morgan fingerprint density at radius 3 is 2.39 bits per heavy atom. The van der Waals surface area contributed by atoms with Crippen LogP contribution in [0.4, 0.5) is 5.69 Å². The van der Waals surface area contributed by atoms with Gasteiger partial charge in [-0.3, -0.25) is 14.5 Å². The molecule has 4 rings (SSSR count). The van der Waals surface area contributed by atoms with Gasteiger partial charge in [-0.25, -0.2) is 0 Å². The van der Waals surface area contributed by atoms with Crippen LogP contribution in [-0.4, -0.2) is 55.9 Å². The van der Waals surface area contributed by atoms with Crippen molar-refractivity contribution >= 4 is 39.7 Å². The van der Waals surface area contributed by atoms with E-state index in [0.29, 0.717) is 29.4 Å². The maximum Gasteiger partial charge on any atom is 0.216 e. The lowest BCUT2D eigenvalue weighted by Gasteiger charge is -2.41. The van der Waals surface area contributed by atoms with Crippen LogP contribution in [-0.2, 0) is 15.4 Å². The zero-order valence-electron chi connectivity index (χ0n) is 28.2. The lowest BCUT2D eigenvalue weighted by Crippen LogP contribution is -2.46. The Kier molecular flexibility index (Phi) is 10.4. The number of rotatable bonds is 11. The van der Waals surface area contributed by atoms with Gasteiger partial charge in [-0.15, -0.1) is 0 Å². The Labute approximate surface area is 271 Å². The zero-order valence-corrected chi connectivity index (χ0v) is 31.0. The summed E-state index contributed by atoms with van der Waals surface area (Å²) in [5.41, 5.74) is 2.69. The summed E-state index contributed by atoms with van der Waals surface area (Å²) >= 11 is 6.15. The Balaban J connectivity index is 1.51. The number of hydrogen-bond donors (Lipinski definition) is 1. The predicted molar refractivity (Wildman–Crippen MR) is 186 cm³/mol. The van der Waals surface area contributed by atoms with Gasteiger partial charge in [-0.1, -0.05) is 65.3 Å². The molecule has 0 bridgehead atoms. The SMILES string of the molecule is CC(C)(C)[Si](C)(C)OC[C@H]1C[C@@H](Nc2ccncc2C(=O)c2ccn(Cc3cccc(Cl)c3)n2)C[C@@H]1O[Si](C)(C)C(C)(C)C. The van der Waals surface area contributed by atoms with Crippen LogP contribution in [0.2, 0.25) is 41.3 Å². The summed E-state index contributed by atoms with van der Waals surface area (Å²) in [6.45, 7) is 24.2. The van der Waals surface area contributed by atoms with Gasteiger partial charge in [0.15, 0.2) is 16.6 Å². The van der Waals surface area contributed by atoms with Gasteiger partial charge in [0.25, 0.3) is 0 Å². The molecule has 1 aliphatic rings. The van der Waals surface area contributed by atoms with Gasteiger partial charge in [-0.05, 0) is 78.9 Å². The van der Waals surface area contributed by atoms with Crippen molar-refractivity contribution in [3.05, 3.63) is 76.8 Å². The zero-order chi connectivity index (χ0) is 32.5. The minimum atomic E-state index is -2.00. The Morgan fingerprint density at radius 1 is 1.02 bits per heavy atom. The van der Waals surface area contributed by atoms with E-state index in [9.17, 15) is 4.79 Å². The van der Waals surface area contributed by atoms with E-state index in [1.54, 1.807) is 23.1 Å². The summed E-state index contributed by atoms with van der Waals surface area (Å²) in [4.78, 5) is 18.0. The predicted octanol–water partition coefficient (Wildman–Crippen LogP) is 8.81. The number of carbonyl (C=O) groups is 1. The number of nitrogens with one attached hydrogen (secondary N) is 1. The lowest BCUT2D eigenvalue weighted by atomic mass is 10.1. The van der Waals surface area contributed by atoms with Gasteiger partial charge < -0.3 is 14.2 Å². The average molecular weight is 655 g/mol. The van der Waals surface area contributed by atoms with E-state index in [1.807, 2.05) is 36.5 Å². The molecule has 0 spiro atoms. The number of pyridine rings is 1. The summed E-state index contributed by atoms with van der Waals surface area (Å²) in [5.74, 6) is 0.120. The number of hydrogen-bond acceptors (Lipinski definition) is 6. The van der Waals surface area contributed by atoms with Crippen molar-refractivity contribution in [2.24, 2.45) is 5.92 Å². The number of anilines is 1. The summed E-state index contributed by atoms with van der Waals surface area (Å²) in [6, 6.07) is 11.4. The summed E-state index contributed by atoms with van der Waals surface area (Å²) < 4.78 is 15.5. The minimum absolute atomic E-state index is 0.0985. The van der Waals surface area contributed by atoms with E-state index in [0.717, 1.165) is 24.1 Å². The fourth-order valence-corrected chi connectivity index (χ4v) is 7.74. The fourth-order valence-electron chi connectivity index (χ4n) is 5.06. The molecular formula is C34H51ClN4O3Si2. The van der Waals surface area contributed by atoms with Crippen LogP contribution >= 0.6 is 11.6 Å². The maximum absolute atomic E-state index is 13.7. The van der Waals surface area contributed by atoms with Crippen LogP contribution in [0.1, 0.15) is 76.0 Å². The van der Waals surface area contributed by atoms with E-state index in [4.69, 9.17) is 20.5 Å². The molecule has 1 saturated carbocycles. The Hall–Kier alpha value is -2.31. The summed E-state index contributed by atoms with van der Waals surface area (Å²) in [6.07, 6.45) is 7.07. The van der Waals surface area contributed by atoms with Crippen molar-refractivity contribution in [1.82, 2.24) is 14.8 Å². The third-order valence-electron chi connectivity index (χ3n) is 9.88. The van der Waals surface area contributed by atoms with Crippen molar-refractivity contribution in [2.75, 3.05) is 11.9 Å². The van der Waals surface area contributed by atoms with E-state index in [1.165, 1.54) is 0 Å². The Bertz CT molecular complexity index is 1440. The van der Waals surface area contributed by atoms with Crippen molar-refractivity contribution in [3.63, 3.8) is 0 Å². The van der Waals surface area contributed by atoms with Gasteiger partial charge in [-0.2, -0.15) is 5.10 Å². The number of ketones is 1. The lowest BCUT2D eigenvalue weighted by molar-refractivity contribution is 0.101. The molecule has 1 N–H and O–H groups in total. The van der Waals surface area contributed by atoms with E-state index in [-0.39, 0.29) is 33.9 Å². The molecule has 1 aromatic carbocycles. The molecule has 0 amide bonds. The fraction of sp³-hybridized carbons (Fsp3) is 0.559. The molecule has 0 unspecified atom stereocenters. The number of aromatic nitrogens is 3. The quantitative estimate of drug-likeness (QED) is 0.164. The molecule has 240 valence electrons. The van der Waals surface area contributed by atoms with Crippen molar-refractivity contribution in [3.8, 4) is 0 Å². The molecule has 7 nitrogen and oxygen atoms in total. The second-order valence-electron chi connectivity index (χ2n) is 15.3. The number of benzene rings is 1. The first-order chi connectivity index (χ1) is 20.4. The second kappa shape index (κ2) is 13.2. The topological polar surface area (TPSA) is 78.3 Å². The summed E-state index contributed by atoms with van der Waals surface area (Å²) in [5, 5.41) is 9.22. The van der Waals surface area contributed by atoms with Crippen molar-refractivity contribution in [2.45, 2.75) is 109 Å². The highest BCUT2D eigenvalue weighted by Gasteiger charge is 2.45. The van der Waals surface area contributed by atoms with Crippen LogP contribution < -0.4 is 5.32 Å². The first-order valence-electron chi connectivity index (χ1n) is 15.7. The second-order valence-corrected chi connectivity index (χ2v) is 25.3. The smallest absolute Gasteiger partial charge is 0.216 e. The Morgan fingerprint density at radius 2 is 1.73 bits per heavy atom. The molecule has 2 aromatic heterocycles. The molecule has 1 fully saturated rings. The maximum atomic E-state index is 13.7. The first-order valence-corrected chi connectivity index (χ1v) is 21.9. The molecular weight excluding hydrogens is 604 g/mol. The van der Waals surface area contributed by atoms with Crippen LogP contribution in [0.5, 0.6) is 0 Å². The molecule has 10 heteroatoms. The molecule has 1 aliphatic carbocycles. The average Bonchev–Trinajstić information content (AvgIpc) is 3.52. The highest BCUT2D eigenvalue weighted by atomic mass is 35.5. The largest absolute Gasteiger partial charge is 0.416 e. The normalized spacial score (nSPS) is 19.8. The first kappa shape index (κ1) is 34.6. The van der Waals surface area contributed by atoms with Gasteiger partial charge in [0.1, 0.15) is 5.69 Å². The number of halogens is 1. The number of carbonyl (C=O) groups excluding carboxylic acids is 1. The van der Waals surface area contributed by atoms with E-state index in [2.05, 4.69) is 83.1 Å². The highest BCUT2D eigenvalue weighted by molar-refractivity contribution is 6.74. The van der Waals surface area contributed by atoms with Gasteiger partial charge in [0.05, 0.1) is 18.2 Å². The third-order valence-corrected chi connectivity index (χ3v) is 19.1. The molecule has 0 aliphatic heterocycles. The minimum Gasteiger partial charge on any atom is -0.416 e. The molecule has 0 saturated heterocycles. The molecule has 44 heavy (non-hydrogen) atoms. The monoisotopic (exact) mass is 654 g/mol. The van der Waals surface area contributed by atoms with Crippen molar-refractivity contribution in [1.29, 1.82) is 0 Å². The number of nitrogens with zero attached hydrogens (tertiary/aromatic N) is 3. The van der Waals surface area contributed by atoms with Gasteiger partial charge in [0, 0.05) is 47.9 Å². The van der Waals surface area contributed by atoms with E-state index >= 15 is 0 Å². The third kappa shape index (κ3) is 8.29. The summed E-state index contributed by atoms with van der Waals surface area (Å²) in [7, 11) is -3.91. The van der Waals surface area contributed by atoms with Crippen LogP contribution in [0, 0.1) is 5.92 Å². The van der Waals surface area contributed by atoms with Gasteiger partial charge >= 0.3 is 0 Å². The molecule has 0 radical (unpaired) electrons. The van der Waals surface area contributed by atoms with Crippen LogP contribution in [0.25, 0.3) is 0 Å². The van der Waals surface area contributed by atoms with E-state index < -0.39 is 16.6 Å². The van der Waals surface area contributed by atoms with Crippen molar-refractivity contribution < 1.29 is 13.6 Å². The van der Waals surface area contributed by atoms with Gasteiger partial charge in [0.2, 0.25) is 5.78 Å². The van der Waals surface area contributed by atoms with Crippen LogP contribution in [0.15, 0.2) is 55.0 Å². The molecule has 2 heterocycles. The molecule has 3 aromatic rings.